The van der Waals surface area contributed by atoms with Crippen LogP contribution in [-0.2, 0) is 14.3 Å². The van der Waals surface area contributed by atoms with E-state index in [9.17, 15) is 9.59 Å². The second-order valence-electron chi connectivity index (χ2n) is 4.93. The number of aliphatic carboxylic acids is 1. The van der Waals surface area contributed by atoms with E-state index in [1.165, 1.54) is 11.0 Å². The quantitative estimate of drug-likeness (QED) is 0.829. The molecule has 0 radical (unpaired) electrons. The first-order chi connectivity index (χ1) is 10.6. The maximum Gasteiger partial charge on any atom is 0.334 e. The molecule has 2 aliphatic rings. The number of nitrogens with zero attached hydrogens (tertiary/aromatic N) is 1. The number of rotatable bonds is 3. The zero-order chi connectivity index (χ0) is 15.5. The highest BCUT2D eigenvalue weighted by molar-refractivity contribution is 5.92. The third-order valence-electron chi connectivity index (χ3n) is 3.47. The van der Waals surface area contributed by atoms with Gasteiger partial charge in [0.05, 0.1) is 13.2 Å². The molecule has 0 saturated carbocycles. The van der Waals surface area contributed by atoms with Crippen LogP contribution < -0.4 is 9.47 Å². The molecular weight excluding hydrogens is 290 g/mol. The first kappa shape index (κ1) is 14.4. The van der Waals surface area contributed by atoms with Crippen molar-refractivity contribution in [1.29, 1.82) is 0 Å². The number of hydrogen-bond acceptors (Lipinski definition) is 5. The summed E-state index contributed by atoms with van der Waals surface area (Å²) in [5.41, 5.74) is 0.806. The van der Waals surface area contributed by atoms with Crippen molar-refractivity contribution in [3.63, 3.8) is 0 Å². The minimum atomic E-state index is -1.06. The Morgan fingerprint density at radius 2 is 2.09 bits per heavy atom. The van der Waals surface area contributed by atoms with Crippen LogP contribution in [0.15, 0.2) is 24.3 Å². The predicted molar refractivity (Wildman–Crippen MR) is 75.6 cm³/mol. The summed E-state index contributed by atoms with van der Waals surface area (Å²) >= 11 is 0. The molecule has 1 atom stereocenters. The Hall–Kier alpha value is -2.54. The lowest BCUT2D eigenvalue weighted by Gasteiger charge is -2.30. The fourth-order valence-corrected chi connectivity index (χ4v) is 2.29. The third kappa shape index (κ3) is 3.04. The van der Waals surface area contributed by atoms with Gasteiger partial charge in [0.1, 0.15) is 0 Å². The summed E-state index contributed by atoms with van der Waals surface area (Å²) < 4.78 is 15.6. The van der Waals surface area contributed by atoms with Gasteiger partial charge in [0.2, 0.25) is 12.7 Å². The van der Waals surface area contributed by atoms with E-state index in [-0.39, 0.29) is 25.9 Å². The smallest absolute Gasteiger partial charge is 0.334 e. The molecule has 1 amide bonds. The van der Waals surface area contributed by atoms with E-state index in [1.54, 1.807) is 18.2 Å². The molecular formula is C15H15NO6. The van der Waals surface area contributed by atoms with Crippen LogP contribution in [0, 0.1) is 0 Å². The number of carbonyl (C=O) groups excluding carboxylic acids is 1. The Kier molecular flexibility index (Phi) is 3.97. The van der Waals surface area contributed by atoms with E-state index >= 15 is 0 Å². The average molecular weight is 305 g/mol. The van der Waals surface area contributed by atoms with Gasteiger partial charge < -0.3 is 24.2 Å². The summed E-state index contributed by atoms with van der Waals surface area (Å²) in [7, 11) is 0. The fourth-order valence-electron chi connectivity index (χ4n) is 2.29. The van der Waals surface area contributed by atoms with Crippen LogP contribution in [0.4, 0.5) is 0 Å². The molecule has 22 heavy (non-hydrogen) atoms. The second kappa shape index (κ2) is 6.07. The summed E-state index contributed by atoms with van der Waals surface area (Å²) in [4.78, 5) is 24.5. The number of carbonyl (C=O) groups is 2. The maximum atomic E-state index is 12.1. The van der Waals surface area contributed by atoms with Crippen LogP contribution in [-0.4, -0.2) is 54.5 Å². The maximum absolute atomic E-state index is 12.1. The van der Waals surface area contributed by atoms with Crippen molar-refractivity contribution in [1.82, 2.24) is 4.90 Å². The molecule has 1 saturated heterocycles. The number of morpholine rings is 1. The lowest BCUT2D eigenvalue weighted by molar-refractivity contribution is -0.158. The van der Waals surface area contributed by atoms with E-state index in [1.807, 2.05) is 6.07 Å². The van der Waals surface area contributed by atoms with Crippen molar-refractivity contribution in [2.75, 3.05) is 26.5 Å². The first-order valence-electron chi connectivity index (χ1n) is 6.84. The van der Waals surface area contributed by atoms with Crippen LogP contribution >= 0.6 is 0 Å². The molecule has 7 heteroatoms. The van der Waals surface area contributed by atoms with Crippen LogP contribution in [0.5, 0.6) is 11.5 Å². The molecule has 1 fully saturated rings. The fraction of sp³-hybridized carbons (Fsp3) is 0.333. The SMILES string of the molecule is O=C(O)C1CN(C(=O)/C=C/c2ccc3c(c2)OCO3)CCO1. The monoisotopic (exact) mass is 305 g/mol. The third-order valence-corrected chi connectivity index (χ3v) is 3.47. The van der Waals surface area contributed by atoms with Crippen molar-refractivity contribution in [3.8, 4) is 11.5 Å². The highest BCUT2D eigenvalue weighted by Crippen LogP contribution is 2.32. The molecule has 1 aromatic carbocycles. The van der Waals surface area contributed by atoms with Crippen molar-refractivity contribution in [3.05, 3.63) is 29.8 Å². The lowest BCUT2D eigenvalue weighted by Crippen LogP contribution is -2.48. The molecule has 1 aromatic rings. The van der Waals surface area contributed by atoms with Gasteiger partial charge in [-0.3, -0.25) is 4.79 Å². The minimum absolute atomic E-state index is 0.0552. The number of benzene rings is 1. The number of amides is 1. The van der Waals surface area contributed by atoms with Crippen LogP contribution in [0.2, 0.25) is 0 Å². The molecule has 3 rings (SSSR count). The molecule has 116 valence electrons. The Morgan fingerprint density at radius 3 is 2.91 bits per heavy atom. The first-order valence-corrected chi connectivity index (χ1v) is 6.84. The lowest BCUT2D eigenvalue weighted by atomic mass is 10.2. The van der Waals surface area contributed by atoms with Gasteiger partial charge >= 0.3 is 5.97 Å². The Morgan fingerprint density at radius 1 is 1.27 bits per heavy atom. The van der Waals surface area contributed by atoms with E-state index in [0.29, 0.717) is 18.0 Å². The van der Waals surface area contributed by atoms with Gasteiger partial charge in [-0.15, -0.1) is 0 Å². The number of hydrogen-bond donors (Lipinski definition) is 1. The van der Waals surface area contributed by atoms with Gasteiger partial charge in [0, 0.05) is 12.6 Å². The zero-order valence-corrected chi connectivity index (χ0v) is 11.7. The van der Waals surface area contributed by atoms with E-state index in [2.05, 4.69) is 0 Å². The normalized spacial score (nSPS) is 20.4. The van der Waals surface area contributed by atoms with Crippen molar-refractivity contribution in [2.45, 2.75) is 6.10 Å². The molecule has 1 unspecified atom stereocenters. The highest BCUT2D eigenvalue weighted by atomic mass is 16.7. The van der Waals surface area contributed by atoms with Gasteiger partial charge in [-0.05, 0) is 23.8 Å². The largest absolute Gasteiger partial charge is 0.479 e. The standard InChI is InChI=1S/C15H15NO6/c17-14(16-5-6-20-13(8-16)15(18)19)4-2-10-1-3-11-12(7-10)22-9-21-11/h1-4,7,13H,5-6,8-9H2,(H,18,19)/b4-2+. The molecule has 2 heterocycles. The van der Waals surface area contributed by atoms with Crippen LogP contribution in [0.3, 0.4) is 0 Å². The predicted octanol–water partition coefficient (Wildman–Crippen LogP) is 0.740. The van der Waals surface area contributed by atoms with E-state index in [4.69, 9.17) is 19.3 Å². The summed E-state index contributed by atoms with van der Waals surface area (Å²) in [5.74, 6) is 0.0253. The van der Waals surface area contributed by atoms with Gasteiger partial charge in [0.15, 0.2) is 17.6 Å². The number of carboxylic acid groups (broad SMARTS) is 1. The minimum Gasteiger partial charge on any atom is -0.479 e. The Labute approximate surface area is 126 Å². The van der Waals surface area contributed by atoms with Gasteiger partial charge in [0.25, 0.3) is 0 Å². The van der Waals surface area contributed by atoms with E-state index < -0.39 is 12.1 Å². The topological polar surface area (TPSA) is 85.3 Å². The number of carboxylic acids is 1. The summed E-state index contributed by atoms with van der Waals surface area (Å²) in [5, 5.41) is 8.93. The van der Waals surface area contributed by atoms with Crippen molar-refractivity contribution >= 4 is 18.0 Å². The molecule has 1 N–H and O–H groups in total. The van der Waals surface area contributed by atoms with Gasteiger partial charge in [-0.2, -0.15) is 0 Å². The van der Waals surface area contributed by atoms with Crippen molar-refractivity contribution < 1.29 is 28.9 Å². The van der Waals surface area contributed by atoms with Gasteiger partial charge in [-0.25, -0.2) is 4.79 Å². The van der Waals surface area contributed by atoms with Crippen LogP contribution in [0.1, 0.15) is 5.56 Å². The zero-order valence-electron chi connectivity index (χ0n) is 11.7. The second-order valence-corrected chi connectivity index (χ2v) is 4.93. The van der Waals surface area contributed by atoms with Crippen LogP contribution in [0.25, 0.3) is 6.08 Å². The molecule has 2 aliphatic heterocycles. The molecule has 0 spiro atoms. The average Bonchev–Trinajstić information content (AvgIpc) is 3.00. The molecule has 7 nitrogen and oxygen atoms in total. The number of ether oxygens (including phenoxy) is 3. The summed E-state index contributed by atoms with van der Waals surface area (Å²) in [6.45, 7) is 0.861. The molecule has 0 bridgehead atoms. The number of fused-ring (bicyclic) bond motifs is 1. The molecule has 0 aliphatic carbocycles. The summed E-state index contributed by atoms with van der Waals surface area (Å²) in [6, 6.07) is 5.38. The highest BCUT2D eigenvalue weighted by Gasteiger charge is 2.27. The Bertz CT molecular complexity index is 626. The Balaban J connectivity index is 1.64. The van der Waals surface area contributed by atoms with E-state index in [0.717, 1.165) is 5.56 Å². The van der Waals surface area contributed by atoms with Gasteiger partial charge in [-0.1, -0.05) is 6.07 Å². The molecule has 0 aromatic heterocycles. The summed E-state index contributed by atoms with van der Waals surface area (Å²) in [6.07, 6.45) is 2.12. The van der Waals surface area contributed by atoms with Crippen molar-refractivity contribution in [2.24, 2.45) is 0 Å².